The molecule has 44 heavy (non-hydrogen) atoms. The monoisotopic (exact) mass is 633 g/mol. The van der Waals surface area contributed by atoms with E-state index in [0.29, 0.717) is 69.7 Å². The van der Waals surface area contributed by atoms with Crippen LogP contribution in [0.15, 0.2) is 46.1 Å². The minimum Gasteiger partial charge on any atom is -0.481 e. The molecule has 1 aromatic rings. The first-order valence-corrected chi connectivity index (χ1v) is 15.5. The van der Waals surface area contributed by atoms with Gasteiger partial charge in [-0.3, -0.25) is 14.4 Å². The molecule has 0 aromatic heterocycles. The summed E-state index contributed by atoms with van der Waals surface area (Å²) in [7, 11) is 0. The lowest BCUT2D eigenvalue weighted by molar-refractivity contribution is -0.160. The van der Waals surface area contributed by atoms with Crippen LogP contribution >= 0.6 is 11.6 Å². The van der Waals surface area contributed by atoms with E-state index in [-0.39, 0.29) is 52.4 Å². The number of halogens is 4. The zero-order chi connectivity index (χ0) is 31.4. The normalized spacial score (nSPS) is 28.0. The van der Waals surface area contributed by atoms with Crippen LogP contribution in [0.3, 0.4) is 0 Å². The van der Waals surface area contributed by atoms with Crippen LogP contribution in [0.5, 0.6) is 0 Å². The van der Waals surface area contributed by atoms with Crippen molar-refractivity contribution in [2.45, 2.75) is 69.4 Å². The summed E-state index contributed by atoms with van der Waals surface area (Å²) in [5.41, 5.74) is 6.00. The number of amides is 2. The second kappa shape index (κ2) is 11.3. The lowest BCUT2D eigenvalue weighted by Crippen LogP contribution is -2.46. The number of carboxylic acids is 1. The molecule has 3 N–H and O–H groups in total. The van der Waals surface area contributed by atoms with Crippen LogP contribution in [-0.2, 0) is 19.7 Å². The summed E-state index contributed by atoms with van der Waals surface area (Å²) in [6.07, 6.45) is -0.114. The highest BCUT2D eigenvalue weighted by Gasteiger charge is 2.65. The highest BCUT2D eigenvalue weighted by atomic mass is 35.5. The third-order valence-corrected chi connectivity index (χ3v) is 10.5. The van der Waals surface area contributed by atoms with Crippen molar-refractivity contribution in [3.05, 3.63) is 57.3 Å². The van der Waals surface area contributed by atoms with Gasteiger partial charge in [-0.05, 0) is 74.1 Å². The SMILES string of the molecule is NC(C1=CCC(C(=O)O)CC1)=C1CCC(C(=O)N2CCC3(COC3)C2)CC1=NC(=O)c1c(Cl)cccc1C1(C(F)(F)F)CC1. The predicted octanol–water partition coefficient (Wildman–Crippen LogP) is 5.59. The number of ether oxygens (including phenoxy) is 1. The van der Waals surface area contributed by atoms with E-state index < -0.39 is 35.3 Å². The van der Waals surface area contributed by atoms with Crippen LogP contribution in [0.1, 0.15) is 73.7 Å². The molecule has 0 radical (unpaired) electrons. The number of rotatable bonds is 5. The number of aliphatic carboxylic acids is 1. The van der Waals surface area contributed by atoms with Crippen molar-refractivity contribution in [2.75, 3.05) is 26.3 Å². The molecule has 1 aromatic carbocycles. The van der Waals surface area contributed by atoms with Gasteiger partial charge in [0.05, 0.1) is 40.8 Å². The fraction of sp³-hybridized carbons (Fsp3) is 0.562. The lowest BCUT2D eigenvalue weighted by atomic mass is 9.79. The number of nitrogens with zero attached hydrogens (tertiary/aromatic N) is 2. The number of hydrogen-bond donors (Lipinski definition) is 2. The van der Waals surface area contributed by atoms with E-state index in [9.17, 15) is 32.7 Å². The molecule has 2 saturated carbocycles. The van der Waals surface area contributed by atoms with Crippen LogP contribution < -0.4 is 5.73 Å². The van der Waals surface area contributed by atoms with Gasteiger partial charge >= 0.3 is 12.1 Å². The van der Waals surface area contributed by atoms with E-state index in [4.69, 9.17) is 22.1 Å². The number of nitrogens with two attached hydrogens (primary N) is 1. The Bertz CT molecular complexity index is 1490. The quantitative estimate of drug-likeness (QED) is 0.436. The minimum atomic E-state index is -4.56. The Labute approximate surface area is 258 Å². The second-order valence-electron chi connectivity index (χ2n) is 13.0. The topological polar surface area (TPSA) is 122 Å². The Morgan fingerprint density at radius 3 is 2.39 bits per heavy atom. The van der Waals surface area contributed by atoms with E-state index in [2.05, 4.69) is 4.99 Å². The molecule has 4 fully saturated rings. The van der Waals surface area contributed by atoms with Crippen molar-refractivity contribution >= 4 is 35.1 Å². The van der Waals surface area contributed by atoms with Crippen molar-refractivity contribution in [3.8, 4) is 0 Å². The molecule has 8 nitrogen and oxygen atoms in total. The molecule has 0 bridgehead atoms. The molecular formula is C32H35ClF3N3O5. The molecule has 5 aliphatic rings. The molecule has 2 aliphatic heterocycles. The van der Waals surface area contributed by atoms with Gasteiger partial charge in [-0.15, -0.1) is 0 Å². The Morgan fingerprint density at radius 2 is 1.82 bits per heavy atom. The van der Waals surface area contributed by atoms with Crippen molar-refractivity contribution in [1.29, 1.82) is 0 Å². The van der Waals surface area contributed by atoms with E-state index in [1.807, 2.05) is 4.90 Å². The minimum absolute atomic E-state index is 0.00564. The maximum atomic E-state index is 14.1. The largest absolute Gasteiger partial charge is 0.481 e. The Kier molecular flexibility index (Phi) is 7.93. The summed E-state index contributed by atoms with van der Waals surface area (Å²) in [5, 5.41) is 9.27. The molecule has 2 heterocycles. The standard InChI is InChI=1S/C32H35ClF3N3O5/c33-23-3-1-2-22(31(10-11-31)32(34,35)36)25(23)27(40)38-24-14-20(28(41)39-13-12-30(15-39)16-44-17-30)8-9-21(24)26(37)18-4-6-19(7-5-18)29(42)43/h1-4,19-20H,5-17,37H2,(H,42,43). The van der Waals surface area contributed by atoms with Gasteiger partial charge in [0.2, 0.25) is 5.91 Å². The number of benzene rings is 1. The number of allylic oxidation sites excluding steroid dienone is 3. The second-order valence-corrected chi connectivity index (χ2v) is 13.4. The number of aliphatic imine (C=N–C) groups is 1. The average molecular weight is 634 g/mol. The van der Waals surface area contributed by atoms with Crippen LogP contribution in [0.2, 0.25) is 5.02 Å². The first kappa shape index (κ1) is 30.8. The summed E-state index contributed by atoms with van der Waals surface area (Å²) >= 11 is 6.37. The highest BCUT2D eigenvalue weighted by Crippen LogP contribution is 2.60. The third-order valence-electron chi connectivity index (χ3n) is 10.2. The van der Waals surface area contributed by atoms with Crippen molar-refractivity contribution < 1.29 is 37.4 Å². The number of carbonyl (C=O) groups excluding carboxylic acids is 2. The summed E-state index contributed by atoms with van der Waals surface area (Å²) in [6, 6.07) is 4.07. The first-order valence-electron chi connectivity index (χ1n) is 15.1. The van der Waals surface area contributed by atoms with Gasteiger partial charge in [-0.2, -0.15) is 13.2 Å². The molecule has 12 heteroatoms. The van der Waals surface area contributed by atoms with Crippen molar-refractivity contribution in [3.63, 3.8) is 0 Å². The molecule has 2 saturated heterocycles. The number of hydrogen-bond acceptors (Lipinski definition) is 5. The zero-order valence-electron chi connectivity index (χ0n) is 24.2. The van der Waals surface area contributed by atoms with Crippen LogP contribution in [0.25, 0.3) is 0 Å². The van der Waals surface area contributed by atoms with Gasteiger partial charge in [-0.25, -0.2) is 4.99 Å². The first-order chi connectivity index (χ1) is 20.8. The Morgan fingerprint density at radius 1 is 1.09 bits per heavy atom. The number of likely N-dealkylation sites (tertiary alicyclic amines) is 1. The molecule has 3 aliphatic carbocycles. The van der Waals surface area contributed by atoms with Crippen LogP contribution in [0, 0.1) is 17.3 Å². The molecule has 2 atom stereocenters. The fourth-order valence-electron chi connectivity index (χ4n) is 7.19. The molecule has 6 rings (SSSR count). The van der Waals surface area contributed by atoms with Gasteiger partial charge in [0.1, 0.15) is 0 Å². The number of carbonyl (C=O) groups is 3. The zero-order valence-corrected chi connectivity index (χ0v) is 25.0. The van der Waals surface area contributed by atoms with Crippen molar-refractivity contribution in [1.82, 2.24) is 4.90 Å². The maximum Gasteiger partial charge on any atom is 0.398 e. The van der Waals surface area contributed by atoms with Crippen LogP contribution in [-0.4, -0.2) is 66.0 Å². The van der Waals surface area contributed by atoms with E-state index in [0.717, 1.165) is 12.0 Å². The summed E-state index contributed by atoms with van der Waals surface area (Å²) < 4.78 is 47.8. The number of alkyl halides is 3. The smallest absolute Gasteiger partial charge is 0.398 e. The molecule has 2 unspecified atom stereocenters. The fourth-order valence-corrected chi connectivity index (χ4v) is 7.44. The average Bonchev–Trinajstić information content (AvgIpc) is 3.67. The predicted molar refractivity (Wildman–Crippen MR) is 156 cm³/mol. The summed E-state index contributed by atoms with van der Waals surface area (Å²) in [6.45, 7) is 2.49. The Balaban J connectivity index is 1.35. The van der Waals surface area contributed by atoms with E-state index in [1.165, 1.54) is 18.2 Å². The summed E-state index contributed by atoms with van der Waals surface area (Å²) in [5.74, 6) is -2.79. The molecule has 236 valence electrons. The lowest BCUT2D eigenvalue weighted by Gasteiger charge is -2.38. The van der Waals surface area contributed by atoms with Gasteiger partial charge in [0, 0.05) is 36.5 Å². The summed E-state index contributed by atoms with van der Waals surface area (Å²) in [4.78, 5) is 45.1. The van der Waals surface area contributed by atoms with Gasteiger partial charge in [0.25, 0.3) is 5.91 Å². The third kappa shape index (κ3) is 5.46. The van der Waals surface area contributed by atoms with Gasteiger partial charge in [-0.1, -0.05) is 29.8 Å². The van der Waals surface area contributed by atoms with E-state index >= 15 is 0 Å². The molecule has 1 spiro atoms. The number of carboxylic acid groups (broad SMARTS) is 1. The van der Waals surface area contributed by atoms with Crippen molar-refractivity contribution in [2.24, 2.45) is 28.0 Å². The van der Waals surface area contributed by atoms with Gasteiger partial charge < -0.3 is 20.5 Å². The van der Waals surface area contributed by atoms with Gasteiger partial charge in [0.15, 0.2) is 0 Å². The Hall–Kier alpha value is -3.18. The molecular weight excluding hydrogens is 599 g/mol. The highest BCUT2D eigenvalue weighted by molar-refractivity contribution is 6.34. The van der Waals surface area contributed by atoms with E-state index in [1.54, 1.807) is 6.08 Å². The molecule has 2 amide bonds. The maximum absolute atomic E-state index is 14.1. The van der Waals surface area contributed by atoms with Crippen LogP contribution in [0.4, 0.5) is 13.2 Å².